The lowest BCUT2D eigenvalue weighted by atomic mass is 10.2. The molecule has 1 heterocycles. The number of thioether (sulfide) groups is 1. The first-order valence-corrected chi connectivity index (χ1v) is 5.90. The molecule has 0 aromatic heterocycles. The van der Waals surface area contributed by atoms with Crippen molar-refractivity contribution in [2.75, 3.05) is 13.1 Å². The number of nitriles is 1. The molecule has 3 atom stereocenters. The maximum Gasteiger partial charge on any atom is 0.0975 e. The predicted octanol–water partition coefficient (Wildman–Crippen LogP) is 2.11. The van der Waals surface area contributed by atoms with Crippen molar-refractivity contribution < 1.29 is 0 Å². The summed E-state index contributed by atoms with van der Waals surface area (Å²) in [6.07, 6.45) is 0.945. The van der Waals surface area contributed by atoms with Crippen LogP contribution < -0.4 is 0 Å². The van der Waals surface area contributed by atoms with E-state index in [4.69, 9.17) is 5.26 Å². The van der Waals surface area contributed by atoms with Crippen LogP contribution in [0.15, 0.2) is 0 Å². The molecule has 0 amide bonds. The fraction of sp³-hybridized carbons (Fsp3) is 0.900. The fourth-order valence-corrected chi connectivity index (χ4v) is 3.25. The lowest BCUT2D eigenvalue weighted by molar-refractivity contribution is 0.227. The topological polar surface area (TPSA) is 27.0 Å². The highest BCUT2D eigenvalue weighted by molar-refractivity contribution is 8.00. The Labute approximate surface area is 85.3 Å². The summed E-state index contributed by atoms with van der Waals surface area (Å²) in [5, 5.41) is 10.3. The molecule has 1 fully saturated rings. The van der Waals surface area contributed by atoms with Gasteiger partial charge in [0.25, 0.3) is 0 Å². The monoisotopic (exact) mass is 198 g/mol. The molecule has 0 radical (unpaired) electrons. The highest BCUT2D eigenvalue weighted by atomic mass is 32.2. The standard InChI is InChI=1S/C10H18N2S/c1-4-10(5-11)12-6-8(2)13-9(3)7-12/h8-10H,4,6-7H2,1-3H3. The third-order valence-electron chi connectivity index (χ3n) is 2.42. The van der Waals surface area contributed by atoms with Gasteiger partial charge in [-0.1, -0.05) is 20.8 Å². The SMILES string of the molecule is CCC(C#N)N1CC(C)SC(C)C1. The van der Waals surface area contributed by atoms with E-state index in [2.05, 4.69) is 31.7 Å². The van der Waals surface area contributed by atoms with Gasteiger partial charge < -0.3 is 0 Å². The first-order valence-electron chi connectivity index (χ1n) is 4.96. The third-order valence-corrected chi connectivity index (χ3v) is 3.65. The zero-order valence-corrected chi connectivity index (χ0v) is 9.47. The minimum absolute atomic E-state index is 0.130. The van der Waals surface area contributed by atoms with Crippen LogP contribution in [0.2, 0.25) is 0 Å². The smallest absolute Gasteiger partial charge is 0.0975 e. The van der Waals surface area contributed by atoms with Crippen molar-refractivity contribution in [2.45, 2.75) is 43.7 Å². The second kappa shape index (κ2) is 4.88. The summed E-state index contributed by atoms with van der Waals surface area (Å²) in [4.78, 5) is 2.33. The van der Waals surface area contributed by atoms with Crippen molar-refractivity contribution in [1.29, 1.82) is 5.26 Å². The van der Waals surface area contributed by atoms with E-state index < -0.39 is 0 Å². The molecular formula is C10H18N2S. The van der Waals surface area contributed by atoms with Gasteiger partial charge in [0.1, 0.15) is 0 Å². The Hall–Kier alpha value is -0.200. The lowest BCUT2D eigenvalue weighted by Gasteiger charge is -2.36. The molecule has 0 aromatic rings. The highest BCUT2D eigenvalue weighted by Gasteiger charge is 2.26. The Morgan fingerprint density at radius 1 is 1.46 bits per heavy atom. The van der Waals surface area contributed by atoms with Gasteiger partial charge in [0, 0.05) is 23.6 Å². The van der Waals surface area contributed by atoms with Crippen molar-refractivity contribution in [3.8, 4) is 6.07 Å². The average molecular weight is 198 g/mol. The van der Waals surface area contributed by atoms with E-state index in [-0.39, 0.29) is 6.04 Å². The van der Waals surface area contributed by atoms with Gasteiger partial charge in [-0.25, -0.2) is 0 Å². The van der Waals surface area contributed by atoms with E-state index in [1.807, 2.05) is 11.8 Å². The van der Waals surface area contributed by atoms with E-state index in [0.717, 1.165) is 19.5 Å². The summed E-state index contributed by atoms with van der Waals surface area (Å²) < 4.78 is 0. The fourth-order valence-electron chi connectivity index (χ4n) is 1.90. The Kier molecular flexibility index (Phi) is 4.08. The molecule has 2 nitrogen and oxygen atoms in total. The van der Waals surface area contributed by atoms with Gasteiger partial charge in [0.2, 0.25) is 0 Å². The molecule has 1 rings (SSSR count). The average Bonchev–Trinajstić information content (AvgIpc) is 2.04. The molecule has 1 aliphatic rings. The van der Waals surface area contributed by atoms with Gasteiger partial charge in [-0.3, -0.25) is 4.90 Å². The Morgan fingerprint density at radius 3 is 2.38 bits per heavy atom. The molecule has 0 bridgehead atoms. The van der Waals surface area contributed by atoms with Gasteiger partial charge in [-0.05, 0) is 6.42 Å². The Balaban J connectivity index is 2.54. The Morgan fingerprint density at radius 2 is 2.00 bits per heavy atom. The molecule has 0 N–H and O–H groups in total. The predicted molar refractivity (Wildman–Crippen MR) is 57.8 cm³/mol. The molecule has 1 saturated heterocycles. The van der Waals surface area contributed by atoms with Crippen molar-refractivity contribution in [1.82, 2.24) is 4.90 Å². The van der Waals surface area contributed by atoms with Gasteiger partial charge in [-0.15, -0.1) is 0 Å². The van der Waals surface area contributed by atoms with Crippen molar-refractivity contribution in [3.05, 3.63) is 0 Å². The maximum atomic E-state index is 8.95. The van der Waals surface area contributed by atoms with Crippen LogP contribution in [0.25, 0.3) is 0 Å². The molecule has 3 unspecified atom stereocenters. The van der Waals surface area contributed by atoms with Crippen LogP contribution in [0.1, 0.15) is 27.2 Å². The van der Waals surface area contributed by atoms with Crippen LogP contribution >= 0.6 is 11.8 Å². The minimum Gasteiger partial charge on any atom is -0.286 e. The summed E-state index contributed by atoms with van der Waals surface area (Å²) in [6, 6.07) is 2.51. The third kappa shape index (κ3) is 2.89. The van der Waals surface area contributed by atoms with E-state index in [0.29, 0.717) is 10.5 Å². The number of hydrogen-bond donors (Lipinski definition) is 0. The van der Waals surface area contributed by atoms with Crippen molar-refractivity contribution in [2.24, 2.45) is 0 Å². The second-order valence-electron chi connectivity index (χ2n) is 3.76. The van der Waals surface area contributed by atoms with E-state index in [1.165, 1.54) is 0 Å². The molecule has 0 saturated carbocycles. The first kappa shape index (κ1) is 10.9. The Bertz CT molecular complexity index is 190. The number of hydrogen-bond acceptors (Lipinski definition) is 3. The summed E-state index contributed by atoms with van der Waals surface area (Å²) in [5.41, 5.74) is 0. The summed E-state index contributed by atoms with van der Waals surface area (Å²) in [6.45, 7) is 8.72. The maximum absolute atomic E-state index is 8.95. The van der Waals surface area contributed by atoms with Crippen LogP contribution in [0.5, 0.6) is 0 Å². The molecule has 74 valence electrons. The molecule has 0 aliphatic carbocycles. The molecule has 13 heavy (non-hydrogen) atoms. The zero-order chi connectivity index (χ0) is 9.84. The number of nitrogens with zero attached hydrogens (tertiary/aromatic N) is 2. The molecule has 3 heteroatoms. The minimum atomic E-state index is 0.130. The molecule has 0 spiro atoms. The summed E-state index contributed by atoms with van der Waals surface area (Å²) in [7, 11) is 0. The summed E-state index contributed by atoms with van der Waals surface area (Å²) in [5.74, 6) is 0. The van der Waals surface area contributed by atoms with Crippen LogP contribution in [-0.2, 0) is 0 Å². The van der Waals surface area contributed by atoms with Gasteiger partial charge >= 0.3 is 0 Å². The lowest BCUT2D eigenvalue weighted by Crippen LogP contribution is -2.45. The zero-order valence-electron chi connectivity index (χ0n) is 8.66. The van der Waals surface area contributed by atoms with Crippen molar-refractivity contribution >= 4 is 11.8 Å². The van der Waals surface area contributed by atoms with E-state index in [9.17, 15) is 0 Å². The van der Waals surface area contributed by atoms with Gasteiger partial charge in [0.05, 0.1) is 12.1 Å². The first-order chi connectivity index (χ1) is 6.17. The highest BCUT2D eigenvalue weighted by Crippen LogP contribution is 2.26. The second-order valence-corrected chi connectivity index (χ2v) is 5.65. The van der Waals surface area contributed by atoms with E-state index in [1.54, 1.807) is 0 Å². The van der Waals surface area contributed by atoms with Crippen LogP contribution in [-0.4, -0.2) is 34.5 Å². The molecular weight excluding hydrogens is 180 g/mol. The van der Waals surface area contributed by atoms with Crippen LogP contribution in [0.4, 0.5) is 0 Å². The largest absolute Gasteiger partial charge is 0.286 e. The van der Waals surface area contributed by atoms with E-state index >= 15 is 0 Å². The van der Waals surface area contributed by atoms with Crippen LogP contribution in [0, 0.1) is 11.3 Å². The van der Waals surface area contributed by atoms with Gasteiger partial charge in [-0.2, -0.15) is 17.0 Å². The molecule has 1 aliphatic heterocycles. The normalized spacial score (nSPS) is 32.5. The van der Waals surface area contributed by atoms with Crippen molar-refractivity contribution in [3.63, 3.8) is 0 Å². The summed E-state index contributed by atoms with van der Waals surface area (Å²) >= 11 is 2.03. The van der Waals surface area contributed by atoms with Gasteiger partial charge in [0.15, 0.2) is 0 Å². The quantitative estimate of drug-likeness (QED) is 0.680. The number of rotatable bonds is 2. The van der Waals surface area contributed by atoms with Crippen LogP contribution in [0.3, 0.4) is 0 Å². The molecule has 0 aromatic carbocycles.